The Morgan fingerprint density at radius 2 is 1.56 bits per heavy atom. The predicted molar refractivity (Wildman–Crippen MR) is 174 cm³/mol. The zero-order valence-electron chi connectivity index (χ0n) is 23.8. The monoisotopic (exact) mass is 604 g/mol. The van der Waals surface area contributed by atoms with E-state index in [9.17, 15) is 9.59 Å². The first-order chi connectivity index (χ1) is 19.5. The van der Waals surface area contributed by atoms with Crippen molar-refractivity contribution >= 4 is 61.0 Å². The van der Waals surface area contributed by atoms with Gasteiger partial charge in [-0.2, -0.15) is 0 Å². The molecule has 0 spiro atoms. The number of nitrogens with two attached hydrogens (primary N) is 1. The molecule has 0 fully saturated rings. The number of rotatable bonds is 5. The third-order valence-electron chi connectivity index (χ3n) is 8.26. The number of hydrogen-bond donors (Lipinski definition) is 1. The zero-order chi connectivity index (χ0) is 29.1. The van der Waals surface area contributed by atoms with Crippen LogP contribution in [0.25, 0.3) is 40.8 Å². The zero-order valence-corrected chi connectivity index (χ0v) is 25.5. The Bertz CT molecular complexity index is 2190. The summed E-state index contributed by atoms with van der Waals surface area (Å²) in [5, 5.41) is 5.09. The van der Waals surface area contributed by atoms with Gasteiger partial charge in [0.1, 0.15) is 0 Å². The summed E-state index contributed by atoms with van der Waals surface area (Å²) in [6, 6.07) is 21.8. The second kappa shape index (κ2) is 9.77. The van der Waals surface area contributed by atoms with Crippen LogP contribution in [0, 0.1) is 17.3 Å². The van der Waals surface area contributed by atoms with Gasteiger partial charge in [0.05, 0.1) is 0 Å². The molecule has 4 nitrogen and oxygen atoms in total. The van der Waals surface area contributed by atoms with Crippen LogP contribution in [0.1, 0.15) is 51.7 Å². The van der Waals surface area contributed by atoms with Gasteiger partial charge in [0.15, 0.2) is 0 Å². The number of nitrogens with zero attached hydrogens (tertiary/aromatic N) is 1. The first-order valence-electron chi connectivity index (χ1n) is 13.8. The molecule has 204 valence electrons. The molecule has 0 atom stereocenters. The molecular formula is C36H32N2O2Se. The van der Waals surface area contributed by atoms with Crippen LogP contribution < -0.4 is 16.9 Å². The second-order valence-corrected chi connectivity index (χ2v) is 14.3. The van der Waals surface area contributed by atoms with Crippen molar-refractivity contribution in [1.29, 1.82) is 0 Å². The Kier molecular flexibility index (Phi) is 6.45. The van der Waals surface area contributed by atoms with Crippen LogP contribution in [0.3, 0.4) is 0 Å². The molecule has 0 bridgehead atoms. The van der Waals surface area contributed by atoms with Gasteiger partial charge in [-0.25, -0.2) is 0 Å². The van der Waals surface area contributed by atoms with Crippen molar-refractivity contribution in [3.63, 3.8) is 0 Å². The normalized spacial score (nSPS) is 12.3. The van der Waals surface area contributed by atoms with Crippen LogP contribution in [0.5, 0.6) is 0 Å². The molecule has 2 N–H and O–H groups in total. The van der Waals surface area contributed by atoms with E-state index in [4.69, 9.17) is 5.73 Å². The van der Waals surface area contributed by atoms with E-state index in [-0.39, 0.29) is 31.0 Å². The third-order valence-corrected chi connectivity index (χ3v) is 10.8. The molecule has 6 rings (SSSR count). The molecule has 0 aliphatic heterocycles. The number of aromatic nitrogens is 1. The molecular weight excluding hydrogens is 571 g/mol. The topological polar surface area (TPSA) is 65.1 Å². The summed E-state index contributed by atoms with van der Waals surface area (Å²) < 4.78 is 3.86. The van der Waals surface area contributed by atoms with Crippen molar-refractivity contribution in [3.8, 4) is 11.8 Å². The minimum atomic E-state index is -0.684. The van der Waals surface area contributed by atoms with Gasteiger partial charge >= 0.3 is 246 Å². The average molecular weight is 604 g/mol. The van der Waals surface area contributed by atoms with E-state index in [0.29, 0.717) is 22.9 Å². The van der Waals surface area contributed by atoms with Gasteiger partial charge in [0.2, 0.25) is 0 Å². The van der Waals surface area contributed by atoms with E-state index in [0.717, 1.165) is 43.4 Å². The summed E-state index contributed by atoms with van der Waals surface area (Å²) in [5.74, 6) is 6.67. The SMILES string of the molecule is C=CC(C)(C)CCC(C)(C)n1c(=O)c2ccc3c4ccccc4[se]c4c(C#Cc5cccc(N)c5)cc(c1=O)c2c43. The molecule has 4 aromatic carbocycles. The van der Waals surface area contributed by atoms with Crippen molar-refractivity contribution in [1.82, 2.24) is 4.57 Å². The first kappa shape index (κ1) is 27.1. The Labute approximate surface area is 245 Å². The maximum absolute atomic E-state index is 14.3. The van der Waals surface area contributed by atoms with Gasteiger partial charge in [-0.1, -0.05) is 0 Å². The van der Waals surface area contributed by atoms with Gasteiger partial charge in [0.25, 0.3) is 0 Å². The summed E-state index contributed by atoms with van der Waals surface area (Å²) in [6.45, 7) is 12.2. The molecule has 5 heteroatoms. The summed E-state index contributed by atoms with van der Waals surface area (Å²) in [5.41, 5.74) is 7.04. The number of allylic oxidation sites excluding steroid dienone is 1. The maximum atomic E-state index is 14.3. The van der Waals surface area contributed by atoms with Crippen molar-refractivity contribution in [3.05, 3.63) is 111 Å². The molecule has 0 saturated carbocycles. The van der Waals surface area contributed by atoms with Crippen LogP contribution in [-0.4, -0.2) is 19.1 Å². The van der Waals surface area contributed by atoms with Gasteiger partial charge < -0.3 is 0 Å². The molecule has 0 saturated heterocycles. The van der Waals surface area contributed by atoms with E-state index in [2.05, 4.69) is 50.5 Å². The summed E-state index contributed by atoms with van der Waals surface area (Å²) >= 11 is -0.0424. The molecule has 2 heterocycles. The van der Waals surface area contributed by atoms with Gasteiger partial charge in [-0.15, -0.1) is 0 Å². The van der Waals surface area contributed by atoms with Crippen LogP contribution in [-0.2, 0) is 5.54 Å². The van der Waals surface area contributed by atoms with E-state index in [1.54, 1.807) is 0 Å². The van der Waals surface area contributed by atoms with Crippen LogP contribution in [0.4, 0.5) is 5.69 Å². The number of pyridine rings is 1. The molecule has 6 aromatic rings. The second-order valence-electron chi connectivity index (χ2n) is 12.1. The summed E-state index contributed by atoms with van der Waals surface area (Å²) in [4.78, 5) is 28.4. The number of nitrogen functional groups attached to an aromatic ring is 1. The quantitative estimate of drug-likeness (QED) is 0.0575. The first-order valence-corrected chi connectivity index (χ1v) is 15.5. The molecule has 0 aliphatic carbocycles. The fourth-order valence-electron chi connectivity index (χ4n) is 5.67. The molecule has 0 aliphatic rings. The Balaban J connectivity index is 1.71. The fraction of sp³-hybridized carbons (Fsp3) is 0.222. The van der Waals surface area contributed by atoms with Crippen molar-refractivity contribution in [2.75, 3.05) is 5.73 Å². The Morgan fingerprint density at radius 3 is 2.32 bits per heavy atom. The Morgan fingerprint density at radius 1 is 0.829 bits per heavy atom. The molecule has 0 unspecified atom stereocenters. The van der Waals surface area contributed by atoms with Crippen LogP contribution >= 0.6 is 0 Å². The van der Waals surface area contributed by atoms with E-state index in [1.165, 1.54) is 8.83 Å². The summed E-state index contributed by atoms with van der Waals surface area (Å²) in [6.07, 6.45) is 3.40. The average Bonchev–Trinajstić information content (AvgIpc) is 2.95. The number of anilines is 1. The molecule has 2 aromatic heterocycles. The fourth-order valence-corrected chi connectivity index (χ4v) is 8.17. The third kappa shape index (κ3) is 4.58. The van der Waals surface area contributed by atoms with Crippen molar-refractivity contribution < 1.29 is 0 Å². The molecule has 41 heavy (non-hydrogen) atoms. The van der Waals surface area contributed by atoms with Crippen molar-refractivity contribution in [2.45, 2.75) is 46.1 Å². The van der Waals surface area contributed by atoms with Gasteiger partial charge in [0, 0.05) is 0 Å². The molecule has 0 amide bonds. The summed E-state index contributed by atoms with van der Waals surface area (Å²) in [7, 11) is 0. The van der Waals surface area contributed by atoms with E-state index in [1.807, 2.05) is 68.5 Å². The van der Waals surface area contributed by atoms with Crippen molar-refractivity contribution in [2.24, 2.45) is 5.41 Å². The van der Waals surface area contributed by atoms with E-state index < -0.39 is 5.54 Å². The van der Waals surface area contributed by atoms with Gasteiger partial charge in [-0.3, -0.25) is 0 Å². The van der Waals surface area contributed by atoms with Crippen LogP contribution in [0.2, 0.25) is 0 Å². The molecule has 0 radical (unpaired) electrons. The van der Waals surface area contributed by atoms with E-state index >= 15 is 0 Å². The van der Waals surface area contributed by atoms with Gasteiger partial charge in [-0.05, 0) is 0 Å². The predicted octanol–water partition coefficient (Wildman–Crippen LogP) is 7.03. The number of hydrogen-bond acceptors (Lipinski definition) is 3. The Hall–Kier alpha value is -4.10. The minimum absolute atomic E-state index is 0.0424. The standard InChI is InChI=1S/C36H32N2O2Se/c1-6-35(2,3)18-19-36(4,5)38-33(39)27-17-16-26-25-12-7-8-13-29(25)41-32-23(15-14-22-10-9-11-24(37)20-22)21-28(34(38)40)30(27)31(26)32/h6-13,16-17,20-21H,1,18-19,37H2,2-5H3. The number of benzene rings is 4. The van der Waals surface area contributed by atoms with Crippen LogP contribution in [0.15, 0.2) is 89.0 Å². The number of fused-ring (bicyclic) bond motifs is 2.